The van der Waals surface area contributed by atoms with Gasteiger partial charge < -0.3 is 19.9 Å². The molecule has 6 heteroatoms. The zero-order valence-corrected chi connectivity index (χ0v) is 16.6. The molecule has 6 nitrogen and oxygen atoms in total. The van der Waals surface area contributed by atoms with E-state index in [-0.39, 0.29) is 5.91 Å². The van der Waals surface area contributed by atoms with Crippen molar-refractivity contribution in [2.45, 2.75) is 51.6 Å². The number of anilines is 1. The highest BCUT2D eigenvalue weighted by Crippen LogP contribution is 2.25. The summed E-state index contributed by atoms with van der Waals surface area (Å²) in [5.74, 6) is 0.233. The molecule has 0 aromatic heterocycles. The van der Waals surface area contributed by atoms with Crippen molar-refractivity contribution < 1.29 is 24.2 Å². The third kappa shape index (κ3) is 6.52. The van der Waals surface area contributed by atoms with Crippen LogP contribution in [0.1, 0.15) is 43.2 Å². The molecule has 3 rings (SSSR count). The largest absolute Gasteiger partial charge is 0.490 e. The number of rotatable bonds is 9. The summed E-state index contributed by atoms with van der Waals surface area (Å²) < 4.78 is 11.2. The first kappa shape index (κ1) is 20.7. The molecule has 2 aromatic rings. The van der Waals surface area contributed by atoms with Crippen LogP contribution in [0.15, 0.2) is 42.5 Å². The Balaban J connectivity index is 1.50. The molecule has 2 N–H and O–H groups in total. The van der Waals surface area contributed by atoms with Gasteiger partial charge in [-0.25, -0.2) is 4.79 Å². The van der Waals surface area contributed by atoms with Crippen molar-refractivity contribution in [3.05, 3.63) is 53.6 Å². The zero-order chi connectivity index (χ0) is 20.6. The van der Waals surface area contributed by atoms with E-state index in [9.17, 15) is 9.59 Å². The van der Waals surface area contributed by atoms with Crippen LogP contribution in [0, 0.1) is 6.92 Å². The van der Waals surface area contributed by atoms with Crippen LogP contribution in [0.25, 0.3) is 0 Å². The number of aryl methyl sites for hydroxylation is 2. The number of nitrogens with one attached hydrogen (secondary N) is 1. The summed E-state index contributed by atoms with van der Waals surface area (Å²) in [7, 11) is 0. The molecule has 0 unspecified atom stereocenters. The number of carboxylic acid groups (broad SMARTS) is 1. The summed E-state index contributed by atoms with van der Waals surface area (Å²) in [4.78, 5) is 22.9. The zero-order valence-electron chi connectivity index (χ0n) is 16.6. The van der Waals surface area contributed by atoms with Crippen molar-refractivity contribution in [1.29, 1.82) is 0 Å². The van der Waals surface area contributed by atoms with Crippen LogP contribution in [0.4, 0.5) is 5.69 Å². The highest BCUT2D eigenvalue weighted by Gasteiger charge is 2.16. The molecule has 1 aliphatic carbocycles. The average molecular weight is 397 g/mol. The van der Waals surface area contributed by atoms with E-state index in [0.29, 0.717) is 30.4 Å². The van der Waals surface area contributed by atoms with Crippen LogP contribution in [-0.4, -0.2) is 29.7 Å². The van der Waals surface area contributed by atoms with E-state index in [0.717, 1.165) is 29.7 Å². The average Bonchev–Trinajstić information content (AvgIpc) is 3.20. The lowest BCUT2D eigenvalue weighted by molar-refractivity contribution is -0.139. The third-order valence-corrected chi connectivity index (χ3v) is 4.98. The number of amides is 1. The molecule has 1 aliphatic rings. The molecular weight excluding hydrogens is 370 g/mol. The van der Waals surface area contributed by atoms with Crippen molar-refractivity contribution >= 4 is 17.6 Å². The summed E-state index contributed by atoms with van der Waals surface area (Å²) in [6.45, 7) is 1.45. The second-order valence-electron chi connectivity index (χ2n) is 7.38. The monoisotopic (exact) mass is 397 g/mol. The number of carbonyl (C=O) groups is 2. The van der Waals surface area contributed by atoms with Crippen molar-refractivity contribution in [3.8, 4) is 11.5 Å². The Morgan fingerprint density at radius 1 is 1.10 bits per heavy atom. The molecule has 0 bridgehead atoms. The Morgan fingerprint density at radius 2 is 1.90 bits per heavy atom. The van der Waals surface area contributed by atoms with Crippen LogP contribution >= 0.6 is 0 Å². The fourth-order valence-electron chi connectivity index (χ4n) is 3.45. The molecule has 0 saturated heterocycles. The highest BCUT2D eigenvalue weighted by molar-refractivity contribution is 5.91. The van der Waals surface area contributed by atoms with Gasteiger partial charge in [0.15, 0.2) is 6.61 Å². The first-order valence-corrected chi connectivity index (χ1v) is 10.0. The molecule has 1 fully saturated rings. The summed E-state index contributed by atoms with van der Waals surface area (Å²) in [6.07, 6.45) is 6.01. The standard InChI is InChI=1S/C23H27NO5/c1-16-13-19(28-15-23(26)27)10-11-21(16)24-22(25)12-9-17-5-4-8-20(14-17)29-18-6-2-3-7-18/h4-5,8,10-11,13-14,18H,2-3,6-7,9,12,15H2,1H3,(H,24,25)(H,26,27). The summed E-state index contributed by atoms with van der Waals surface area (Å²) in [6, 6.07) is 13.1. The number of hydrogen-bond acceptors (Lipinski definition) is 4. The number of carbonyl (C=O) groups excluding carboxylic acids is 1. The van der Waals surface area contributed by atoms with E-state index < -0.39 is 12.6 Å². The van der Waals surface area contributed by atoms with Crippen molar-refractivity contribution in [2.24, 2.45) is 0 Å². The van der Waals surface area contributed by atoms with Gasteiger partial charge in [0.1, 0.15) is 11.5 Å². The molecule has 1 saturated carbocycles. The first-order chi connectivity index (χ1) is 14.0. The van der Waals surface area contributed by atoms with E-state index >= 15 is 0 Å². The Kier molecular flexibility index (Phi) is 7.11. The van der Waals surface area contributed by atoms with Crippen LogP contribution in [0.2, 0.25) is 0 Å². The lowest BCUT2D eigenvalue weighted by atomic mass is 10.1. The third-order valence-electron chi connectivity index (χ3n) is 4.98. The van der Waals surface area contributed by atoms with Crippen molar-refractivity contribution in [2.75, 3.05) is 11.9 Å². The number of aliphatic carboxylic acids is 1. The topological polar surface area (TPSA) is 84.9 Å². The maximum Gasteiger partial charge on any atom is 0.341 e. The van der Waals surface area contributed by atoms with Crippen LogP contribution in [0.5, 0.6) is 11.5 Å². The quantitative estimate of drug-likeness (QED) is 0.657. The van der Waals surface area contributed by atoms with Gasteiger partial charge in [-0.3, -0.25) is 4.79 Å². The smallest absolute Gasteiger partial charge is 0.341 e. The minimum absolute atomic E-state index is 0.0746. The molecule has 0 radical (unpaired) electrons. The van der Waals surface area contributed by atoms with E-state index in [1.54, 1.807) is 18.2 Å². The predicted octanol–water partition coefficient (Wildman–Crippen LogP) is 4.35. The first-order valence-electron chi connectivity index (χ1n) is 10.0. The summed E-state index contributed by atoms with van der Waals surface area (Å²) >= 11 is 0. The number of ether oxygens (including phenoxy) is 2. The highest BCUT2D eigenvalue weighted by atomic mass is 16.5. The van der Waals surface area contributed by atoms with E-state index in [1.807, 2.05) is 31.2 Å². The van der Waals surface area contributed by atoms with Crippen LogP contribution in [-0.2, 0) is 16.0 Å². The minimum Gasteiger partial charge on any atom is -0.490 e. The number of carboxylic acids is 1. The van der Waals surface area contributed by atoms with Gasteiger partial charge in [0.2, 0.25) is 5.91 Å². The van der Waals surface area contributed by atoms with Gasteiger partial charge in [0.05, 0.1) is 6.10 Å². The number of benzene rings is 2. The molecule has 0 aliphatic heterocycles. The molecular formula is C23H27NO5. The van der Waals surface area contributed by atoms with Gasteiger partial charge in [-0.15, -0.1) is 0 Å². The van der Waals surface area contributed by atoms with E-state index in [2.05, 4.69) is 5.32 Å². The molecule has 1 amide bonds. The molecule has 0 heterocycles. The van der Waals surface area contributed by atoms with Gasteiger partial charge in [0.25, 0.3) is 0 Å². The predicted molar refractivity (Wildman–Crippen MR) is 111 cm³/mol. The van der Waals surface area contributed by atoms with Gasteiger partial charge in [-0.1, -0.05) is 12.1 Å². The van der Waals surface area contributed by atoms with Gasteiger partial charge in [0, 0.05) is 12.1 Å². The fraction of sp³-hybridized carbons (Fsp3) is 0.391. The van der Waals surface area contributed by atoms with Gasteiger partial charge in [-0.05, 0) is 80.5 Å². The lowest BCUT2D eigenvalue weighted by Gasteiger charge is -2.14. The van der Waals surface area contributed by atoms with E-state index in [1.165, 1.54) is 12.8 Å². The molecule has 0 atom stereocenters. The molecule has 2 aromatic carbocycles. The minimum atomic E-state index is -1.03. The Bertz CT molecular complexity index is 858. The molecule has 154 valence electrons. The fourth-order valence-corrected chi connectivity index (χ4v) is 3.45. The maximum absolute atomic E-state index is 12.4. The second-order valence-corrected chi connectivity index (χ2v) is 7.38. The normalized spacial score (nSPS) is 13.8. The Labute approximate surface area is 170 Å². The Hall–Kier alpha value is -3.02. The molecule has 29 heavy (non-hydrogen) atoms. The van der Waals surface area contributed by atoms with Crippen LogP contribution < -0.4 is 14.8 Å². The van der Waals surface area contributed by atoms with Gasteiger partial charge in [-0.2, -0.15) is 0 Å². The van der Waals surface area contributed by atoms with E-state index in [4.69, 9.17) is 14.6 Å². The molecule has 0 spiro atoms. The summed E-state index contributed by atoms with van der Waals surface area (Å²) in [5.41, 5.74) is 2.58. The maximum atomic E-state index is 12.4. The van der Waals surface area contributed by atoms with Crippen molar-refractivity contribution in [1.82, 2.24) is 0 Å². The number of hydrogen-bond donors (Lipinski definition) is 2. The summed E-state index contributed by atoms with van der Waals surface area (Å²) in [5, 5.41) is 11.6. The van der Waals surface area contributed by atoms with Gasteiger partial charge >= 0.3 is 5.97 Å². The van der Waals surface area contributed by atoms with Crippen LogP contribution in [0.3, 0.4) is 0 Å². The Morgan fingerprint density at radius 3 is 2.62 bits per heavy atom. The van der Waals surface area contributed by atoms with Crippen molar-refractivity contribution in [3.63, 3.8) is 0 Å². The second kappa shape index (κ2) is 9.96. The lowest BCUT2D eigenvalue weighted by Crippen LogP contribution is -2.14. The SMILES string of the molecule is Cc1cc(OCC(=O)O)ccc1NC(=O)CCc1cccc(OC2CCCC2)c1.